The fourth-order valence-electron chi connectivity index (χ4n) is 1.93. The van der Waals surface area contributed by atoms with Gasteiger partial charge in [0.15, 0.2) is 0 Å². The quantitative estimate of drug-likeness (QED) is 0.802. The van der Waals surface area contributed by atoms with Crippen molar-refractivity contribution in [1.82, 2.24) is 5.32 Å². The first-order valence-corrected chi connectivity index (χ1v) is 7.87. The summed E-state index contributed by atoms with van der Waals surface area (Å²) in [5.74, 6) is -0.609. The zero-order chi connectivity index (χ0) is 15.9. The lowest BCUT2D eigenvalue weighted by atomic mass is 10.2. The number of nitrogens with one attached hydrogen (secondary N) is 2. The van der Waals surface area contributed by atoms with Crippen molar-refractivity contribution in [2.75, 3.05) is 11.9 Å². The standard InChI is InChI=1S/C16H17FN2O2S/c1-11-9-13(17)4-5-14(11)19-15(20)3-2-7-18-16(21)12-6-8-22-10-12/h4-6,8-10H,2-3,7H2,1H3,(H,18,21)(H,19,20). The molecule has 2 aromatic rings. The molecule has 1 aromatic heterocycles. The van der Waals surface area contributed by atoms with Crippen LogP contribution in [0.25, 0.3) is 0 Å². The highest BCUT2D eigenvalue weighted by Gasteiger charge is 2.07. The maximum atomic E-state index is 13.0. The van der Waals surface area contributed by atoms with Crippen LogP contribution in [0.2, 0.25) is 0 Å². The maximum absolute atomic E-state index is 13.0. The van der Waals surface area contributed by atoms with Crippen molar-refractivity contribution in [2.24, 2.45) is 0 Å². The summed E-state index contributed by atoms with van der Waals surface area (Å²) in [6.45, 7) is 2.17. The summed E-state index contributed by atoms with van der Waals surface area (Å²) in [6, 6.07) is 5.98. The van der Waals surface area contributed by atoms with E-state index in [1.165, 1.54) is 23.5 Å². The normalized spacial score (nSPS) is 10.3. The Bertz CT molecular complexity index is 656. The molecule has 22 heavy (non-hydrogen) atoms. The van der Waals surface area contributed by atoms with Crippen LogP contribution in [0.15, 0.2) is 35.0 Å². The van der Waals surface area contributed by atoms with Gasteiger partial charge >= 0.3 is 0 Å². The lowest BCUT2D eigenvalue weighted by Gasteiger charge is -2.08. The Kier molecular flexibility index (Phi) is 5.66. The minimum Gasteiger partial charge on any atom is -0.352 e. The van der Waals surface area contributed by atoms with Gasteiger partial charge in [0.2, 0.25) is 5.91 Å². The van der Waals surface area contributed by atoms with E-state index in [4.69, 9.17) is 0 Å². The van der Waals surface area contributed by atoms with Crippen molar-refractivity contribution in [2.45, 2.75) is 19.8 Å². The van der Waals surface area contributed by atoms with Crippen LogP contribution in [0.5, 0.6) is 0 Å². The molecule has 2 amide bonds. The molecule has 0 atom stereocenters. The second kappa shape index (κ2) is 7.70. The van der Waals surface area contributed by atoms with E-state index in [0.29, 0.717) is 36.2 Å². The highest BCUT2D eigenvalue weighted by atomic mass is 32.1. The van der Waals surface area contributed by atoms with Gasteiger partial charge in [-0.15, -0.1) is 0 Å². The summed E-state index contributed by atoms with van der Waals surface area (Å²) in [7, 11) is 0. The monoisotopic (exact) mass is 320 g/mol. The van der Waals surface area contributed by atoms with E-state index >= 15 is 0 Å². The number of carbonyl (C=O) groups excluding carboxylic acids is 2. The number of amides is 2. The zero-order valence-corrected chi connectivity index (χ0v) is 13.0. The number of thiophene rings is 1. The molecule has 0 radical (unpaired) electrons. The van der Waals surface area contributed by atoms with Crippen molar-refractivity contribution in [3.8, 4) is 0 Å². The Morgan fingerprint density at radius 3 is 2.77 bits per heavy atom. The molecule has 0 fully saturated rings. The number of rotatable bonds is 6. The molecule has 0 aliphatic heterocycles. The van der Waals surface area contributed by atoms with Gasteiger partial charge in [0, 0.05) is 29.6 Å². The molecule has 2 N–H and O–H groups in total. The van der Waals surface area contributed by atoms with E-state index in [9.17, 15) is 14.0 Å². The van der Waals surface area contributed by atoms with Crippen LogP contribution < -0.4 is 10.6 Å². The Morgan fingerprint density at radius 2 is 2.09 bits per heavy atom. The summed E-state index contributed by atoms with van der Waals surface area (Å²) >= 11 is 1.46. The summed E-state index contributed by atoms with van der Waals surface area (Å²) in [5.41, 5.74) is 1.92. The van der Waals surface area contributed by atoms with Crippen LogP contribution in [-0.4, -0.2) is 18.4 Å². The number of carbonyl (C=O) groups is 2. The number of halogens is 1. The van der Waals surface area contributed by atoms with Gasteiger partial charge < -0.3 is 10.6 Å². The molecule has 0 unspecified atom stereocenters. The van der Waals surface area contributed by atoms with Gasteiger partial charge in [-0.25, -0.2) is 4.39 Å². The zero-order valence-electron chi connectivity index (χ0n) is 12.2. The molecule has 6 heteroatoms. The molecule has 0 saturated heterocycles. The van der Waals surface area contributed by atoms with E-state index in [1.807, 2.05) is 5.38 Å². The smallest absolute Gasteiger partial charge is 0.252 e. The second-order valence-corrected chi connectivity index (χ2v) is 5.66. The first-order chi connectivity index (χ1) is 10.6. The fourth-order valence-corrected chi connectivity index (χ4v) is 2.56. The molecular weight excluding hydrogens is 303 g/mol. The molecule has 0 aliphatic rings. The SMILES string of the molecule is Cc1cc(F)ccc1NC(=O)CCCNC(=O)c1ccsc1. The van der Waals surface area contributed by atoms with Gasteiger partial charge in [-0.3, -0.25) is 9.59 Å². The number of hydrogen-bond donors (Lipinski definition) is 2. The first kappa shape index (κ1) is 16.2. The van der Waals surface area contributed by atoms with E-state index in [2.05, 4.69) is 10.6 Å². The summed E-state index contributed by atoms with van der Waals surface area (Å²) < 4.78 is 13.0. The number of aryl methyl sites for hydroxylation is 1. The van der Waals surface area contributed by atoms with Crippen LogP contribution in [0.1, 0.15) is 28.8 Å². The van der Waals surface area contributed by atoms with Crippen LogP contribution in [0, 0.1) is 12.7 Å². The van der Waals surface area contributed by atoms with E-state index in [1.54, 1.807) is 24.4 Å². The van der Waals surface area contributed by atoms with Crippen LogP contribution >= 0.6 is 11.3 Å². The van der Waals surface area contributed by atoms with Crippen molar-refractivity contribution in [1.29, 1.82) is 0 Å². The molecule has 1 aromatic carbocycles. The highest BCUT2D eigenvalue weighted by Crippen LogP contribution is 2.16. The predicted molar refractivity (Wildman–Crippen MR) is 85.7 cm³/mol. The molecule has 116 valence electrons. The number of anilines is 1. The van der Waals surface area contributed by atoms with Crippen LogP contribution in [0.3, 0.4) is 0 Å². The Hall–Kier alpha value is -2.21. The second-order valence-electron chi connectivity index (χ2n) is 4.88. The van der Waals surface area contributed by atoms with Gasteiger partial charge in [0.1, 0.15) is 5.82 Å². The third-order valence-electron chi connectivity index (χ3n) is 3.11. The van der Waals surface area contributed by atoms with E-state index < -0.39 is 0 Å². The largest absolute Gasteiger partial charge is 0.352 e. The molecule has 1 heterocycles. The molecule has 2 rings (SSSR count). The predicted octanol–water partition coefficient (Wildman–Crippen LogP) is 3.34. The van der Waals surface area contributed by atoms with E-state index in [0.717, 1.165) is 0 Å². The average molecular weight is 320 g/mol. The molecule has 0 aliphatic carbocycles. The van der Waals surface area contributed by atoms with Crippen LogP contribution in [-0.2, 0) is 4.79 Å². The topological polar surface area (TPSA) is 58.2 Å². The Balaban J connectivity index is 1.71. The highest BCUT2D eigenvalue weighted by molar-refractivity contribution is 7.08. The lowest BCUT2D eigenvalue weighted by molar-refractivity contribution is -0.116. The van der Waals surface area contributed by atoms with Gasteiger partial charge in [0.25, 0.3) is 5.91 Å². The van der Waals surface area contributed by atoms with Crippen molar-refractivity contribution < 1.29 is 14.0 Å². The minimum absolute atomic E-state index is 0.129. The van der Waals surface area contributed by atoms with Crippen LogP contribution in [0.4, 0.5) is 10.1 Å². The third-order valence-corrected chi connectivity index (χ3v) is 3.80. The van der Waals surface area contributed by atoms with E-state index in [-0.39, 0.29) is 17.6 Å². The van der Waals surface area contributed by atoms with Gasteiger partial charge in [-0.2, -0.15) is 11.3 Å². The van der Waals surface area contributed by atoms with Crippen molar-refractivity contribution in [3.05, 3.63) is 52.0 Å². The Labute approximate surface area is 132 Å². The van der Waals surface area contributed by atoms with Crippen molar-refractivity contribution in [3.63, 3.8) is 0 Å². The summed E-state index contributed by atoms with van der Waals surface area (Å²) in [5, 5.41) is 9.12. The molecular formula is C16H17FN2O2S. The maximum Gasteiger partial charge on any atom is 0.252 e. The molecule has 0 spiro atoms. The van der Waals surface area contributed by atoms with Gasteiger partial charge in [-0.05, 0) is 48.6 Å². The fraction of sp³-hybridized carbons (Fsp3) is 0.250. The summed E-state index contributed by atoms with van der Waals surface area (Å²) in [6.07, 6.45) is 0.836. The Morgan fingerprint density at radius 1 is 1.27 bits per heavy atom. The number of benzene rings is 1. The third kappa shape index (κ3) is 4.66. The first-order valence-electron chi connectivity index (χ1n) is 6.92. The molecule has 0 saturated carbocycles. The summed E-state index contributed by atoms with van der Waals surface area (Å²) in [4.78, 5) is 23.5. The molecule has 0 bridgehead atoms. The van der Waals surface area contributed by atoms with Crippen molar-refractivity contribution >= 4 is 28.8 Å². The molecule has 4 nitrogen and oxygen atoms in total. The van der Waals surface area contributed by atoms with Gasteiger partial charge in [-0.1, -0.05) is 0 Å². The lowest BCUT2D eigenvalue weighted by Crippen LogP contribution is -2.25. The minimum atomic E-state index is -0.327. The van der Waals surface area contributed by atoms with Gasteiger partial charge in [0.05, 0.1) is 0 Å². The average Bonchev–Trinajstić information content (AvgIpc) is 3.01. The number of hydrogen-bond acceptors (Lipinski definition) is 3.